The maximum absolute atomic E-state index is 3.73. The summed E-state index contributed by atoms with van der Waals surface area (Å²) in [5.74, 6) is 2.85. The molecule has 1 aromatic carbocycles. The van der Waals surface area contributed by atoms with E-state index in [1.807, 2.05) is 11.8 Å². The fraction of sp³-hybridized carbons (Fsp3) is 0.667. The van der Waals surface area contributed by atoms with Crippen molar-refractivity contribution >= 4 is 11.8 Å². The van der Waals surface area contributed by atoms with E-state index in [1.165, 1.54) is 36.1 Å². The van der Waals surface area contributed by atoms with Crippen molar-refractivity contribution in [3.63, 3.8) is 0 Å². The molecular weight excluding hydrogens is 262 g/mol. The molecule has 1 fully saturated rings. The van der Waals surface area contributed by atoms with Crippen molar-refractivity contribution in [2.24, 2.45) is 11.8 Å². The highest BCUT2D eigenvalue weighted by Crippen LogP contribution is 2.37. The summed E-state index contributed by atoms with van der Waals surface area (Å²) in [6.45, 7) is 7.90. The summed E-state index contributed by atoms with van der Waals surface area (Å²) in [6.07, 6.45) is 5.58. The Morgan fingerprint density at radius 2 is 1.95 bits per heavy atom. The van der Waals surface area contributed by atoms with E-state index in [1.54, 1.807) is 0 Å². The molecule has 0 heterocycles. The molecule has 112 valence electrons. The van der Waals surface area contributed by atoms with E-state index in [2.05, 4.69) is 50.4 Å². The lowest BCUT2D eigenvalue weighted by Gasteiger charge is -2.34. The van der Waals surface area contributed by atoms with Gasteiger partial charge in [-0.15, -0.1) is 11.8 Å². The lowest BCUT2D eigenvalue weighted by atomic mass is 9.76. The van der Waals surface area contributed by atoms with Gasteiger partial charge < -0.3 is 5.32 Å². The summed E-state index contributed by atoms with van der Waals surface area (Å²) >= 11 is 1.92. The van der Waals surface area contributed by atoms with Crippen molar-refractivity contribution in [3.05, 3.63) is 29.8 Å². The Morgan fingerprint density at radius 1 is 1.20 bits per heavy atom. The number of hydrogen-bond acceptors (Lipinski definition) is 2. The second kappa shape index (κ2) is 8.09. The van der Waals surface area contributed by atoms with Gasteiger partial charge in [0.25, 0.3) is 0 Å². The molecule has 2 heteroatoms. The summed E-state index contributed by atoms with van der Waals surface area (Å²) in [7, 11) is 0. The van der Waals surface area contributed by atoms with Crippen LogP contribution >= 0.6 is 11.8 Å². The zero-order valence-electron chi connectivity index (χ0n) is 13.2. The van der Waals surface area contributed by atoms with Gasteiger partial charge in [0.05, 0.1) is 0 Å². The van der Waals surface area contributed by atoms with Gasteiger partial charge in [0.15, 0.2) is 0 Å². The molecule has 3 atom stereocenters. The minimum absolute atomic E-state index is 0.545. The van der Waals surface area contributed by atoms with Crippen LogP contribution in [0, 0.1) is 11.8 Å². The lowest BCUT2D eigenvalue weighted by Crippen LogP contribution is -2.31. The summed E-state index contributed by atoms with van der Waals surface area (Å²) in [5, 5.41) is 3.73. The van der Waals surface area contributed by atoms with Crippen LogP contribution in [0.15, 0.2) is 29.2 Å². The Hall–Kier alpha value is -0.470. The fourth-order valence-corrected chi connectivity index (χ4v) is 4.16. The summed E-state index contributed by atoms with van der Waals surface area (Å²) in [6, 6.07) is 9.80. The highest BCUT2D eigenvalue weighted by molar-refractivity contribution is 7.99. The largest absolute Gasteiger partial charge is 0.310 e. The molecular formula is C18H29NS. The van der Waals surface area contributed by atoms with Gasteiger partial charge in [-0.25, -0.2) is 0 Å². The van der Waals surface area contributed by atoms with Gasteiger partial charge in [0.2, 0.25) is 0 Å². The fourth-order valence-electron chi connectivity index (χ4n) is 3.50. The summed E-state index contributed by atoms with van der Waals surface area (Å²) in [4.78, 5) is 1.39. The topological polar surface area (TPSA) is 12.0 Å². The SMILES string of the molecule is CCNC(c1ccc(SCC)cc1)C1CCCC(C)C1. The van der Waals surface area contributed by atoms with Crippen molar-refractivity contribution < 1.29 is 0 Å². The molecule has 0 spiro atoms. The average Bonchev–Trinajstić information content (AvgIpc) is 2.46. The zero-order chi connectivity index (χ0) is 14.4. The second-order valence-corrected chi connectivity index (χ2v) is 7.41. The van der Waals surface area contributed by atoms with E-state index in [9.17, 15) is 0 Å². The molecule has 1 aliphatic rings. The normalized spacial score (nSPS) is 24.6. The third kappa shape index (κ3) is 4.26. The van der Waals surface area contributed by atoms with Crippen LogP contribution in [0.3, 0.4) is 0 Å². The minimum atomic E-state index is 0.545. The lowest BCUT2D eigenvalue weighted by molar-refractivity contribution is 0.225. The number of nitrogens with one attached hydrogen (secondary N) is 1. The molecule has 3 unspecified atom stereocenters. The van der Waals surface area contributed by atoms with Crippen LogP contribution in [0.4, 0.5) is 0 Å². The third-order valence-corrected chi connectivity index (χ3v) is 5.32. The van der Waals surface area contributed by atoms with E-state index in [0.717, 1.165) is 24.1 Å². The molecule has 1 nitrogen and oxygen atoms in total. The molecule has 0 radical (unpaired) electrons. The number of rotatable bonds is 6. The average molecular weight is 292 g/mol. The monoisotopic (exact) mass is 291 g/mol. The quantitative estimate of drug-likeness (QED) is 0.716. The molecule has 1 N–H and O–H groups in total. The van der Waals surface area contributed by atoms with Gasteiger partial charge in [-0.3, -0.25) is 0 Å². The molecule has 20 heavy (non-hydrogen) atoms. The van der Waals surface area contributed by atoms with Gasteiger partial charge in [-0.05, 0) is 54.7 Å². The highest BCUT2D eigenvalue weighted by atomic mass is 32.2. The second-order valence-electron chi connectivity index (χ2n) is 6.07. The molecule has 0 amide bonds. The number of hydrogen-bond donors (Lipinski definition) is 1. The van der Waals surface area contributed by atoms with Crippen molar-refractivity contribution in [2.75, 3.05) is 12.3 Å². The Kier molecular flexibility index (Phi) is 6.44. The van der Waals surface area contributed by atoms with E-state index in [-0.39, 0.29) is 0 Å². The van der Waals surface area contributed by atoms with Crippen LogP contribution in [-0.2, 0) is 0 Å². The van der Waals surface area contributed by atoms with Crippen LogP contribution < -0.4 is 5.32 Å². The standard InChI is InChI=1S/C18H29NS/c1-4-19-18(16-8-6-7-14(3)13-16)15-9-11-17(12-10-15)20-5-2/h9-12,14,16,18-19H,4-8,13H2,1-3H3. The first kappa shape index (κ1) is 15.9. The Balaban J connectivity index is 2.10. The van der Waals surface area contributed by atoms with Crippen molar-refractivity contribution in [1.82, 2.24) is 5.32 Å². The molecule has 0 aromatic heterocycles. The summed E-state index contributed by atoms with van der Waals surface area (Å²) < 4.78 is 0. The predicted molar refractivity (Wildman–Crippen MR) is 90.4 cm³/mol. The van der Waals surface area contributed by atoms with E-state index in [0.29, 0.717) is 6.04 Å². The minimum Gasteiger partial charge on any atom is -0.310 e. The van der Waals surface area contributed by atoms with Crippen LogP contribution in [0.5, 0.6) is 0 Å². The first-order valence-electron chi connectivity index (χ1n) is 8.20. The maximum Gasteiger partial charge on any atom is 0.0348 e. The molecule has 0 bridgehead atoms. The van der Waals surface area contributed by atoms with Crippen molar-refractivity contribution in [3.8, 4) is 0 Å². The zero-order valence-corrected chi connectivity index (χ0v) is 14.0. The number of thioether (sulfide) groups is 1. The smallest absolute Gasteiger partial charge is 0.0348 e. The van der Waals surface area contributed by atoms with Crippen LogP contribution in [0.25, 0.3) is 0 Å². The van der Waals surface area contributed by atoms with Gasteiger partial charge in [-0.2, -0.15) is 0 Å². The Bertz CT molecular complexity index is 387. The van der Waals surface area contributed by atoms with Crippen LogP contribution in [-0.4, -0.2) is 12.3 Å². The molecule has 1 aliphatic carbocycles. The van der Waals surface area contributed by atoms with Gasteiger partial charge in [0.1, 0.15) is 0 Å². The number of benzene rings is 1. The third-order valence-electron chi connectivity index (χ3n) is 4.42. The maximum atomic E-state index is 3.73. The van der Waals surface area contributed by atoms with E-state index in [4.69, 9.17) is 0 Å². The van der Waals surface area contributed by atoms with Gasteiger partial charge in [0, 0.05) is 10.9 Å². The van der Waals surface area contributed by atoms with Crippen molar-refractivity contribution in [2.45, 2.75) is 57.4 Å². The molecule has 1 aromatic rings. The molecule has 2 rings (SSSR count). The van der Waals surface area contributed by atoms with Gasteiger partial charge in [-0.1, -0.05) is 45.7 Å². The van der Waals surface area contributed by atoms with E-state index >= 15 is 0 Å². The molecule has 0 saturated heterocycles. The first-order valence-corrected chi connectivity index (χ1v) is 9.19. The van der Waals surface area contributed by atoms with Crippen LogP contribution in [0.2, 0.25) is 0 Å². The Labute approximate surface area is 128 Å². The Morgan fingerprint density at radius 3 is 2.55 bits per heavy atom. The van der Waals surface area contributed by atoms with E-state index < -0.39 is 0 Å². The molecule has 1 saturated carbocycles. The first-order chi connectivity index (χ1) is 9.74. The predicted octanol–water partition coefficient (Wildman–Crippen LogP) is 5.28. The summed E-state index contributed by atoms with van der Waals surface area (Å²) in [5.41, 5.74) is 1.48. The van der Waals surface area contributed by atoms with Crippen molar-refractivity contribution in [1.29, 1.82) is 0 Å². The molecule has 0 aliphatic heterocycles. The van der Waals surface area contributed by atoms with Gasteiger partial charge >= 0.3 is 0 Å². The van der Waals surface area contributed by atoms with Crippen LogP contribution in [0.1, 0.15) is 58.1 Å². The highest BCUT2D eigenvalue weighted by Gasteiger charge is 2.27.